The van der Waals surface area contributed by atoms with Crippen LogP contribution in [-0.4, -0.2) is 19.5 Å². The van der Waals surface area contributed by atoms with Gasteiger partial charge in [-0.15, -0.1) is 0 Å². The van der Waals surface area contributed by atoms with Crippen LogP contribution >= 0.6 is 0 Å². The average molecular weight is 260 g/mol. The number of hydrogen-bond donors (Lipinski definition) is 0. The Hall–Kier alpha value is -1.22. The molecule has 1 saturated heterocycles. The Morgan fingerprint density at radius 3 is 3.00 bits per heavy atom. The van der Waals surface area contributed by atoms with Gasteiger partial charge in [-0.2, -0.15) is 0 Å². The van der Waals surface area contributed by atoms with Gasteiger partial charge >= 0.3 is 0 Å². The van der Waals surface area contributed by atoms with Crippen molar-refractivity contribution in [3.8, 4) is 23.7 Å². The Bertz CT molecular complexity index is 356. The van der Waals surface area contributed by atoms with Gasteiger partial charge in [0.15, 0.2) is 6.29 Å². The first-order valence-electron chi connectivity index (χ1n) is 7.26. The maximum Gasteiger partial charge on any atom is 0.157 e. The summed E-state index contributed by atoms with van der Waals surface area (Å²) in [5.41, 5.74) is 0. The zero-order valence-corrected chi connectivity index (χ0v) is 11.9. The topological polar surface area (TPSA) is 18.5 Å². The molecule has 0 spiro atoms. The van der Waals surface area contributed by atoms with Crippen molar-refractivity contribution in [3.05, 3.63) is 12.2 Å². The summed E-state index contributed by atoms with van der Waals surface area (Å²) in [7, 11) is 0. The van der Waals surface area contributed by atoms with Gasteiger partial charge in [0.05, 0.1) is 13.0 Å². The molecule has 0 bridgehead atoms. The summed E-state index contributed by atoms with van der Waals surface area (Å²) in [5, 5.41) is 0. The van der Waals surface area contributed by atoms with Crippen LogP contribution in [0.2, 0.25) is 0 Å². The van der Waals surface area contributed by atoms with E-state index >= 15 is 0 Å². The van der Waals surface area contributed by atoms with Gasteiger partial charge in [-0.25, -0.2) is 0 Å². The van der Waals surface area contributed by atoms with Gasteiger partial charge in [-0.05, 0) is 31.8 Å². The standard InChI is InChI=1S/C17H24O2/c1-2-3-4-5-6-7-8-9-10-12-15-18-17-14-11-13-16-19-17/h4-5,17H,2-3,8,11-16H2,1H3/b5-4+. The first-order chi connectivity index (χ1) is 9.43. The van der Waals surface area contributed by atoms with E-state index in [9.17, 15) is 0 Å². The zero-order chi connectivity index (χ0) is 13.6. The number of rotatable bonds is 5. The Labute approximate surface area is 117 Å². The van der Waals surface area contributed by atoms with Crippen molar-refractivity contribution in [1.82, 2.24) is 0 Å². The van der Waals surface area contributed by atoms with Crippen molar-refractivity contribution in [2.24, 2.45) is 0 Å². The van der Waals surface area contributed by atoms with E-state index in [-0.39, 0.29) is 6.29 Å². The minimum absolute atomic E-state index is 0.000885. The zero-order valence-electron chi connectivity index (χ0n) is 11.9. The van der Waals surface area contributed by atoms with Gasteiger partial charge in [0.25, 0.3) is 0 Å². The van der Waals surface area contributed by atoms with Crippen molar-refractivity contribution >= 4 is 0 Å². The Kier molecular flexibility index (Phi) is 9.87. The molecule has 1 fully saturated rings. The van der Waals surface area contributed by atoms with Crippen LogP contribution in [0, 0.1) is 23.7 Å². The van der Waals surface area contributed by atoms with Crippen LogP contribution in [0.4, 0.5) is 0 Å². The van der Waals surface area contributed by atoms with Crippen LogP contribution in [0.15, 0.2) is 12.2 Å². The molecule has 0 aromatic heterocycles. The van der Waals surface area contributed by atoms with E-state index in [1.54, 1.807) is 0 Å². The predicted octanol–water partition coefficient (Wildman–Crippen LogP) is 3.67. The smallest absolute Gasteiger partial charge is 0.157 e. The molecule has 1 aliphatic heterocycles. The highest BCUT2D eigenvalue weighted by atomic mass is 16.7. The van der Waals surface area contributed by atoms with Crippen LogP contribution in [0.25, 0.3) is 0 Å². The van der Waals surface area contributed by atoms with Gasteiger partial charge in [0.1, 0.15) is 0 Å². The molecular formula is C17H24O2. The molecule has 1 rings (SSSR count). The lowest BCUT2D eigenvalue weighted by atomic mass is 10.2. The molecule has 1 aliphatic rings. The van der Waals surface area contributed by atoms with Crippen LogP contribution in [0.5, 0.6) is 0 Å². The molecule has 1 heterocycles. The van der Waals surface area contributed by atoms with Crippen molar-refractivity contribution in [2.75, 3.05) is 13.2 Å². The number of unbranched alkanes of at least 4 members (excludes halogenated alkanes) is 1. The fourth-order valence-electron chi connectivity index (χ4n) is 1.70. The van der Waals surface area contributed by atoms with Gasteiger partial charge in [0, 0.05) is 13.0 Å². The van der Waals surface area contributed by atoms with E-state index < -0.39 is 0 Å². The second-order valence-corrected chi connectivity index (χ2v) is 4.46. The third-order valence-corrected chi connectivity index (χ3v) is 2.73. The third-order valence-electron chi connectivity index (χ3n) is 2.73. The summed E-state index contributed by atoms with van der Waals surface area (Å²) >= 11 is 0. The highest BCUT2D eigenvalue weighted by molar-refractivity contribution is 5.19. The lowest BCUT2D eigenvalue weighted by Crippen LogP contribution is -2.22. The molecule has 0 aliphatic carbocycles. The Morgan fingerprint density at radius 2 is 2.21 bits per heavy atom. The quantitative estimate of drug-likeness (QED) is 0.554. The molecule has 0 aromatic rings. The molecule has 0 amide bonds. The second-order valence-electron chi connectivity index (χ2n) is 4.46. The molecule has 0 aromatic carbocycles. The summed E-state index contributed by atoms with van der Waals surface area (Å²) in [5.74, 6) is 12.1. The average Bonchev–Trinajstić information content (AvgIpc) is 2.46. The Morgan fingerprint density at radius 1 is 1.26 bits per heavy atom. The van der Waals surface area contributed by atoms with Gasteiger partial charge < -0.3 is 9.47 Å². The van der Waals surface area contributed by atoms with Crippen LogP contribution in [0.3, 0.4) is 0 Å². The first-order valence-corrected chi connectivity index (χ1v) is 7.26. The van der Waals surface area contributed by atoms with E-state index in [1.807, 2.05) is 6.08 Å². The first kappa shape index (κ1) is 15.8. The molecule has 1 unspecified atom stereocenters. The Balaban J connectivity index is 1.98. The van der Waals surface area contributed by atoms with E-state index in [0.717, 1.165) is 32.3 Å². The van der Waals surface area contributed by atoms with Crippen LogP contribution < -0.4 is 0 Å². The number of hydrogen-bond acceptors (Lipinski definition) is 2. The van der Waals surface area contributed by atoms with Gasteiger partial charge in [-0.1, -0.05) is 43.1 Å². The second kappa shape index (κ2) is 11.8. The van der Waals surface area contributed by atoms with Crippen LogP contribution in [0.1, 0.15) is 51.9 Å². The van der Waals surface area contributed by atoms with Crippen LogP contribution in [-0.2, 0) is 9.47 Å². The summed E-state index contributed by atoms with van der Waals surface area (Å²) < 4.78 is 11.1. The monoisotopic (exact) mass is 260 g/mol. The maximum absolute atomic E-state index is 5.58. The molecule has 1 atom stereocenters. The lowest BCUT2D eigenvalue weighted by molar-refractivity contribution is -0.161. The largest absolute Gasteiger partial charge is 0.353 e. The van der Waals surface area contributed by atoms with E-state index in [0.29, 0.717) is 13.0 Å². The van der Waals surface area contributed by atoms with Gasteiger partial charge in [0.2, 0.25) is 0 Å². The molecular weight excluding hydrogens is 236 g/mol. The van der Waals surface area contributed by atoms with Crippen molar-refractivity contribution in [1.29, 1.82) is 0 Å². The molecule has 0 saturated carbocycles. The summed E-state index contributed by atoms with van der Waals surface area (Å²) in [6, 6.07) is 0. The summed E-state index contributed by atoms with van der Waals surface area (Å²) in [4.78, 5) is 0. The number of allylic oxidation sites excluding steroid dienone is 2. The molecule has 2 nitrogen and oxygen atoms in total. The normalized spacial score (nSPS) is 18.5. The summed E-state index contributed by atoms with van der Waals surface area (Å²) in [6.07, 6.45) is 11.0. The van der Waals surface area contributed by atoms with Crippen molar-refractivity contribution in [2.45, 2.75) is 58.2 Å². The highest BCUT2D eigenvalue weighted by Gasteiger charge is 2.12. The predicted molar refractivity (Wildman–Crippen MR) is 78.4 cm³/mol. The molecule has 2 heteroatoms. The molecule has 104 valence electrons. The minimum Gasteiger partial charge on any atom is -0.353 e. The fraction of sp³-hybridized carbons (Fsp3) is 0.647. The SMILES string of the molecule is CCC/C=C/C#CCC#CCCOC1CCCCO1. The number of ether oxygens (including phenoxy) is 2. The van der Waals surface area contributed by atoms with Crippen molar-refractivity contribution in [3.63, 3.8) is 0 Å². The van der Waals surface area contributed by atoms with E-state index in [4.69, 9.17) is 9.47 Å². The highest BCUT2D eigenvalue weighted by Crippen LogP contribution is 2.13. The molecule has 19 heavy (non-hydrogen) atoms. The fourth-order valence-corrected chi connectivity index (χ4v) is 1.70. The lowest BCUT2D eigenvalue weighted by Gasteiger charge is -2.22. The summed E-state index contributed by atoms with van der Waals surface area (Å²) in [6.45, 7) is 3.64. The van der Waals surface area contributed by atoms with E-state index in [2.05, 4.69) is 36.7 Å². The minimum atomic E-state index is -0.000885. The van der Waals surface area contributed by atoms with Crippen molar-refractivity contribution < 1.29 is 9.47 Å². The van der Waals surface area contributed by atoms with Gasteiger partial charge in [-0.3, -0.25) is 0 Å². The maximum atomic E-state index is 5.58. The van der Waals surface area contributed by atoms with E-state index in [1.165, 1.54) is 12.8 Å². The third kappa shape index (κ3) is 9.37. The molecule has 0 N–H and O–H groups in total. The molecule has 0 radical (unpaired) electrons.